The third kappa shape index (κ3) is 3.35. The van der Waals surface area contributed by atoms with Gasteiger partial charge in [-0.3, -0.25) is 9.78 Å². The molecule has 0 unspecified atom stereocenters. The minimum Gasteiger partial charge on any atom is -0.496 e. The SMILES string of the molecule is COc1ccccc1[C@@H](NC(=O)c1csnn1)c1ccccn1. The molecule has 0 fully saturated rings. The number of hydrogen-bond donors (Lipinski definition) is 1. The lowest BCUT2D eigenvalue weighted by Crippen LogP contribution is -2.30. The van der Waals surface area contributed by atoms with E-state index in [0.29, 0.717) is 11.4 Å². The van der Waals surface area contributed by atoms with Crippen LogP contribution in [0.15, 0.2) is 54.0 Å². The Labute approximate surface area is 137 Å². The van der Waals surface area contributed by atoms with Gasteiger partial charge in [0.25, 0.3) is 5.91 Å². The maximum atomic E-state index is 12.4. The van der Waals surface area contributed by atoms with Gasteiger partial charge in [-0.25, -0.2) is 0 Å². The van der Waals surface area contributed by atoms with Crippen molar-refractivity contribution in [3.63, 3.8) is 0 Å². The average Bonchev–Trinajstić information content (AvgIpc) is 3.15. The second-order valence-corrected chi connectivity index (χ2v) is 5.30. The van der Waals surface area contributed by atoms with Gasteiger partial charge in [0, 0.05) is 17.1 Å². The van der Waals surface area contributed by atoms with Crippen molar-refractivity contribution in [3.05, 3.63) is 71.0 Å². The number of ether oxygens (including phenoxy) is 1. The van der Waals surface area contributed by atoms with E-state index in [0.717, 1.165) is 17.1 Å². The van der Waals surface area contributed by atoms with Crippen LogP contribution in [0.2, 0.25) is 0 Å². The van der Waals surface area contributed by atoms with Crippen LogP contribution in [-0.2, 0) is 0 Å². The van der Waals surface area contributed by atoms with Gasteiger partial charge in [0.15, 0.2) is 5.69 Å². The Morgan fingerprint density at radius 3 is 2.74 bits per heavy atom. The zero-order valence-electron chi connectivity index (χ0n) is 12.3. The highest BCUT2D eigenvalue weighted by atomic mass is 32.1. The number of nitrogens with zero attached hydrogens (tertiary/aromatic N) is 3. The molecule has 23 heavy (non-hydrogen) atoms. The van der Waals surface area contributed by atoms with Gasteiger partial charge < -0.3 is 10.1 Å². The molecule has 0 spiro atoms. The maximum absolute atomic E-state index is 12.4. The van der Waals surface area contributed by atoms with Gasteiger partial charge in [-0.05, 0) is 29.7 Å². The fraction of sp³-hybridized carbons (Fsp3) is 0.125. The average molecular weight is 326 g/mol. The Hall–Kier alpha value is -2.80. The monoisotopic (exact) mass is 326 g/mol. The summed E-state index contributed by atoms with van der Waals surface area (Å²) in [6.45, 7) is 0. The normalized spacial score (nSPS) is 11.7. The topological polar surface area (TPSA) is 77.0 Å². The largest absolute Gasteiger partial charge is 0.496 e. The minimum atomic E-state index is -0.443. The fourth-order valence-electron chi connectivity index (χ4n) is 2.23. The molecule has 2 heterocycles. The fourth-order valence-corrected chi connectivity index (χ4v) is 2.67. The van der Waals surface area contributed by atoms with Crippen LogP contribution in [0.1, 0.15) is 27.8 Å². The number of rotatable bonds is 5. The molecule has 3 aromatic rings. The zero-order chi connectivity index (χ0) is 16.1. The molecule has 1 amide bonds. The number of hydrogen-bond acceptors (Lipinski definition) is 6. The standard InChI is InChI=1S/C16H14N4O2S/c1-22-14-8-3-2-6-11(14)15(12-7-4-5-9-17-12)18-16(21)13-10-23-20-19-13/h2-10,15H,1H3,(H,18,21)/t15-/m1/s1. The van der Waals surface area contributed by atoms with Crippen molar-refractivity contribution in [2.45, 2.75) is 6.04 Å². The smallest absolute Gasteiger partial charge is 0.273 e. The van der Waals surface area contributed by atoms with E-state index in [2.05, 4.69) is 19.9 Å². The summed E-state index contributed by atoms with van der Waals surface area (Å²) in [6.07, 6.45) is 1.69. The van der Waals surface area contributed by atoms with E-state index >= 15 is 0 Å². The summed E-state index contributed by atoms with van der Waals surface area (Å²) >= 11 is 1.13. The first-order chi connectivity index (χ1) is 11.3. The number of para-hydroxylation sites is 1. The van der Waals surface area contributed by atoms with Crippen LogP contribution in [0.4, 0.5) is 0 Å². The number of benzene rings is 1. The van der Waals surface area contributed by atoms with Crippen molar-refractivity contribution >= 4 is 17.4 Å². The Morgan fingerprint density at radius 2 is 2.04 bits per heavy atom. The van der Waals surface area contributed by atoms with E-state index < -0.39 is 6.04 Å². The van der Waals surface area contributed by atoms with Crippen LogP contribution in [0.25, 0.3) is 0 Å². The zero-order valence-corrected chi connectivity index (χ0v) is 13.2. The predicted molar refractivity (Wildman–Crippen MR) is 86.4 cm³/mol. The molecule has 0 aliphatic carbocycles. The van der Waals surface area contributed by atoms with Crippen LogP contribution in [0.5, 0.6) is 5.75 Å². The molecule has 7 heteroatoms. The molecule has 0 saturated heterocycles. The lowest BCUT2D eigenvalue weighted by Gasteiger charge is -2.20. The van der Waals surface area contributed by atoms with Crippen LogP contribution in [0.3, 0.4) is 0 Å². The molecule has 3 rings (SSSR count). The van der Waals surface area contributed by atoms with Crippen molar-refractivity contribution in [3.8, 4) is 5.75 Å². The molecule has 116 valence electrons. The van der Waals surface area contributed by atoms with Gasteiger partial charge in [-0.1, -0.05) is 28.8 Å². The number of methoxy groups -OCH3 is 1. The summed E-state index contributed by atoms with van der Waals surface area (Å²) in [5.74, 6) is 0.375. The van der Waals surface area contributed by atoms with Gasteiger partial charge in [-0.2, -0.15) is 0 Å². The van der Waals surface area contributed by atoms with E-state index in [4.69, 9.17) is 4.74 Å². The van der Waals surface area contributed by atoms with E-state index in [9.17, 15) is 4.79 Å². The molecule has 0 radical (unpaired) electrons. The second kappa shape index (κ2) is 6.97. The molecule has 2 aromatic heterocycles. The maximum Gasteiger partial charge on any atom is 0.273 e. The van der Waals surface area contributed by atoms with Crippen LogP contribution in [-0.4, -0.2) is 27.6 Å². The van der Waals surface area contributed by atoms with Crippen LogP contribution >= 0.6 is 11.5 Å². The first-order valence-electron chi connectivity index (χ1n) is 6.91. The van der Waals surface area contributed by atoms with Crippen molar-refractivity contribution < 1.29 is 9.53 Å². The summed E-state index contributed by atoms with van der Waals surface area (Å²) in [6, 6.07) is 12.6. The lowest BCUT2D eigenvalue weighted by atomic mass is 10.0. The third-order valence-electron chi connectivity index (χ3n) is 3.30. The highest BCUT2D eigenvalue weighted by molar-refractivity contribution is 7.03. The number of aromatic nitrogens is 3. The second-order valence-electron chi connectivity index (χ2n) is 4.69. The number of carbonyl (C=O) groups excluding carboxylic acids is 1. The number of carbonyl (C=O) groups is 1. The molecular formula is C16H14N4O2S. The van der Waals surface area contributed by atoms with Crippen molar-refractivity contribution in [1.82, 2.24) is 19.9 Å². The van der Waals surface area contributed by atoms with Crippen LogP contribution in [0, 0.1) is 0 Å². The predicted octanol–water partition coefficient (Wildman–Crippen LogP) is 2.46. The summed E-state index contributed by atoms with van der Waals surface area (Å²) in [4.78, 5) is 16.7. The molecule has 0 aliphatic rings. The van der Waals surface area contributed by atoms with Crippen molar-refractivity contribution in [1.29, 1.82) is 0 Å². The van der Waals surface area contributed by atoms with Gasteiger partial charge in [0.1, 0.15) is 11.8 Å². The van der Waals surface area contributed by atoms with E-state index in [1.165, 1.54) is 0 Å². The molecular weight excluding hydrogens is 312 g/mol. The Kier molecular flexibility index (Phi) is 4.58. The van der Waals surface area contributed by atoms with Crippen molar-refractivity contribution in [2.75, 3.05) is 7.11 Å². The molecule has 1 atom stereocenters. The number of pyridine rings is 1. The summed E-state index contributed by atoms with van der Waals surface area (Å²) in [7, 11) is 1.60. The van der Waals surface area contributed by atoms with E-state index in [1.807, 2.05) is 42.5 Å². The molecule has 6 nitrogen and oxygen atoms in total. The van der Waals surface area contributed by atoms with Gasteiger partial charge in [-0.15, -0.1) is 5.10 Å². The van der Waals surface area contributed by atoms with Gasteiger partial charge >= 0.3 is 0 Å². The molecule has 1 aromatic carbocycles. The number of nitrogens with one attached hydrogen (secondary N) is 1. The Morgan fingerprint density at radius 1 is 1.22 bits per heavy atom. The first-order valence-corrected chi connectivity index (χ1v) is 7.75. The van der Waals surface area contributed by atoms with E-state index in [1.54, 1.807) is 18.7 Å². The Bertz CT molecular complexity index is 778. The minimum absolute atomic E-state index is 0.283. The quantitative estimate of drug-likeness (QED) is 0.779. The van der Waals surface area contributed by atoms with Gasteiger partial charge in [0.05, 0.1) is 12.8 Å². The van der Waals surface area contributed by atoms with E-state index in [-0.39, 0.29) is 11.6 Å². The lowest BCUT2D eigenvalue weighted by molar-refractivity contribution is 0.0937. The highest BCUT2D eigenvalue weighted by Crippen LogP contribution is 2.29. The molecule has 1 N–H and O–H groups in total. The number of amides is 1. The Balaban J connectivity index is 1.99. The highest BCUT2D eigenvalue weighted by Gasteiger charge is 2.22. The molecule has 0 bridgehead atoms. The van der Waals surface area contributed by atoms with Crippen molar-refractivity contribution in [2.24, 2.45) is 0 Å². The summed E-state index contributed by atoms with van der Waals surface area (Å²) < 4.78 is 9.14. The van der Waals surface area contributed by atoms with Crippen LogP contribution < -0.4 is 10.1 Å². The van der Waals surface area contributed by atoms with Gasteiger partial charge in [0.2, 0.25) is 0 Å². The summed E-state index contributed by atoms with van der Waals surface area (Å²) in [5.41, 5.74) is 1.82. The summed E-state index contributed by atoms with van der Waals surface area (Å²) in [5, 5.41) is 8.36. The molecule has 0 aliphatic heterocycles. The third-order valence-corrected chi connectivity index (χ3v) is 3.81. The first kappa shape index (κ1) is 15.1. The molecule has 0 saturated carbocycles.